The Hall–Kier alpha value is -0.290. The molecule has 1 atom stereocenters. The van der Waals surface area contributed by atoms with Gasteiger partial charge in [0.05, 0.1) is 0 Å². The van der Waals surface area contributed by atoms with Gasteiger partial charge in [0.2, 0.25) is 0 Å². The summed E-state index contributed by atoms with van der Waals surface area (Å²) >= 11 is 2.21. The van der Waals surface area contributed by atoms with Crippen LogP contribution in [0.1, 0.15) is 30.0 Å². The van der Waals surface area contributed by atoms with E-state index in [4.69, 9.17) is 5.73 Å². The van der Waals surface area contributed by atoms with E-state index in [9.17, 15) is 5.11 Å². The minimum absolute atomic E-state index is 0.115. The van der Waals surface area contributed by atoms with Crippen LogP contribution in [0, 0.1) is 3.57 Å². The third-order valence-electron chi connectivity index (χ3n) is 2.57. The number of hydrogen-bond acceptors (Lipinski definition) is 2. The van der Waals surface area contributed by atoms with E-state index in [1.165, 1.54) is 0 Å². The summed E-state index contributed by atoms with van der Waals surface area (Å²) in [6.07, 6.45) is 3.08. The molecule has 0 aromatic heterocycles. The molecule has 0 amide bonds. The number of benzene rings is 1. The Labute approximate surface area is 91.3 Å². The molecule has 0 fully saturated rings. The number of aromatic hydroxyl groups is 1. The Morgan fingerprint density at radius 3 is 3.00 bits per heavy atom. The molecular formula is C10H12INO. The molecule has 1 aliphatic rings. The normalized spacial score (nSPS) is 21.2. The van der Waals surface area contributed by atoms with Gasteiger partial charge in [-0.15, -0.1) is 0 Å². The zero-order valence-corrected chi connectivity index (χ0v) is 9.41. The molecule has 70 valence electrons. The van der Waals surface area contributed by atoms with Gasteiger partial charge in [-0.05, 0) is 65.1 Å². The van der Waals surface area contributed by atoms with Crippen molar-refractivity contribution in [3.8, 4) is 5.75 Å². The van der Waals surface area contributed by atoms with Crippen molar-refractivity contribution < 1.29 is 5.11 Å². The average Bonchev–Trinajstić information content (AvgIpc) is 2.07. The fraction of sp³-hybridized carbons (Fsp3) is 0.400. The SMILES string of the molecule is N[C@H]1CCCc2c(O)cc(I)cc21. The van der Waals surface area contributed by atoms with Crippen LogP contribution in [0.25, 0.3) is 0 Å². The van der Waals surface area contributed by atoms with Gasteiger partial charge in [0.1, 0.15) is 5.75 Å². The van der Waals surface area contributed by atoms with Gasteiger partial charge in [0, 0.05) is 9.61 Å². The van der Waals surface area contributed by atoms with Crippen molar-refractivity contribution in [1.29, 1.82) is 0 Å². The van der Waals surface area contributed by atoms with E-state index in [1.807, 2.05) is 0 Å². The minimum Gasteiger partial charge on any atom is -0.508 e. The Balaban J connectivity index is 2.56. The maximum atomic E-state index is 9.69. The van der Waals surface area contributed by atoms with Gasteiger partial charge in [-0.1, -0.05) is 0 Å². The molecule has 0 spiro atoms. The molecule has 1 aromatic carbocycles. The average molecular weight is 289 g/mol. The maximum absolute atomic E-state index is 9.69. The second kappa shape index (κ2) is 3.46. The molecule has 3 heteroatoms. The first kappa shape index (κ1) is 9.27. The highest BCUT2D eigenvalue weighted by Gasteiger charge is 2.19. The van der Waals surface area contributed by atoms with Gasteiger partial charge in [0.15, 0.2) is 0 Å². The van der Waals surface area contributed by atoms with Gasteiger partial charge in [-0.2, -0.15) is 0 Å². The number of nitrogens with two attached hydrogens (primary N) is 1. The van der Waals surface area contributed by atoms with E-state index >= 15 is 0 Å². The first-order valence-electron chi connectivity index (χ1n) is 4.45. The predicted octanol–water partition coefficient (Wildman–Crippen LogP) is 2.33. The highest BCUT2D eigenvalue weighted by Crippen LogP contribution is 2.34. The van der Waals surface area contributed by atoms with E-state index < -0.39 is 0 Å². The lowest BCUT2D eigenvalue weighted by Gasteiger charge is -2.23. The Morgan fingerprint density at radius 2 is 2.23 bits per heavy atom. The quantitative estimate of drug-likeness (QED) is 0.720. The number of phenols is 1. The summed E-state index contributed by atoms with van der Waals surface area (Å²) in [7, 11) is 0. The number of rotatable bonds is 0. The fourth-order valence-electron chi connectivity index (χ4n) is 1.90. The summed E-state index contributed by atoms with van der Waals surface area (Å²) < 4.78 is 1.06. The number of hydrogen-bond donors (Lipinski definition) is 2. The van der Waals surface area contributed by atoms with Gasteiger partial charge >= 0.3 is 0 Å². The minimum atomic E-state index is 0.115. The molecule has 0 heterocycles. The van der Waals surface area contributed by atoms with E-state index in [2.05, 4.69) is 28.7 Å². The summed E-state index contributed by atoms with van der Waals surface area (Å²) in [5, 5.41) is 9.69. The van der Waals surface area contributed by atoms with Crippen LogP contribution < -0.4 is 5.73 Å². The first-order valence-corrected chi connectivity index (χ1v) is 5.53. The number of fused-ring (bicyclic) bond motifs is 1. The van der Waals surface area contributed by atoms with E-state index in [0.29, 0.717) is 5.75 Å². The summed E-state index contributed by atoms with van der Waals surface area (Å²) in [5.74, 6) is 0.414. The summed E-state index contributed by atoms with van der Waals surface area (Å²) in [4.78, 5) is 0. The molecule has 0 bridgehead atoms. The molecular weight excluding hydrogens is 277 g/mol. The number of halogens is 1. The topological polar surface area (TPSA) is 46.2 Å². The summed E-state index contributed by atoms with van der Waals surface area (Å²) in [6, 6.07) is 4.00. The smallest absolute Gasteiger partial charge is 0.120 e. The molecule has 0 unspecified atom stereocenters. The number of phenolic OH excluding ortho intramolecular Hbond substituents is 1. The van der Waals surface area contributed by atoms with Crippen LogP contribution in [0.15, 0.2) is 12.1 Å². The van der Waals surface area contributed by atoms with Gasteiger partial charge in [-0.25, -0.2) is 0 Å². The second-order valence-electron chi connectivity index (χ2n) is 3.49. The van der Waals surface area contributed by atoms with Crippen molar-refractivity contribution in [3.05, 3.63) is 26.8 Å². The van der Waals surface area contributed by atoms with E-state index in [1.54, 1.807) is 6.07 Å². The molecule has 1 aliphatic carbocycles. The standard InChI is InChI=1S/C10H12INO/c11-6-4-8-7(10(13)5-6)2-1-3-9(8)12/h4-5,9,13H,1-3,12H2/t9-/m0/s1. The molecule has 2 rings (SSSR count). The fourth-order valence-corrected chi connectivity index (χ4v) is 2.53. The highest BCUT2D eigenvalue weighted by molar-refractivity contribution is 14.1. The van der Waals surface area contributed by atoms with Crippen LogP contribution in [-0.4, -0.2) is 5.11 Å². The molecule has 2 nitrogen and oxygen atoms in total. The van der Waals surface area contributed by atoms with Crippen LogP contribution in [0.5, 0.6) is 5.75 Å². The van der Waals surface area contributed by atoms with Gasteiger partial charge < -0.3 is 10.8 Å². The zero-order chi connectivity index (χ0) is 9.42. The van der Waals surface area contributed by atoms with Gasteiger partial charge in [-0.3, -0.25) is 0 Å². The van der Waals surface area contributed by atoms with E-state index in [-0.39, 0.29) is 6.04 Å². The molecule has 0 aliphatic heterocycles. The molecule has 0 saturated carbocycles. The Bertz CT molecular complexity index is 338. The monoisotopic (exact) mass is 289 g/mol. The van der Waals surface area contributed by atoms with E-state index in [0.717, 1.165) is 34.0 Å². The third kappa shape index (κ3) is 1.67. The van der Waals surface area contributed by atoms with Crippen molar-refractivity contribution in [2.75, 3.05) is 0 Å². The lowest BCUT2D eigenvalue weighted by molar-refractivity contribution is 0.454. The lowest BCUT2D eigenvalue weighted by Crippen LogP contribution is -2.17. The Kier molecular flexibility index (Phi) is 2.47. The van der Waals surface area contributed by atoms with Crippen molar-refractivity contribution in [1.82, 2.24) is 0 Å². The maximum Gasteiger partial charge on any atom is 0.120 e. The molecule has 0 radical (unpaired) electrons. The largest absolute Gasteiger partial charge is 0.508 e. The van der Waals surface area contributed by atoms with Crippen LogP contribution in [0.2, 0.25) is 0 Å². The molecule has 3 N–H and O–H groups in total. The van der Waals surface area contributed by atoms with Crippen molar-refractivity contribution in [3.63, 3.8) is 0 Å². The molecule has 0 saturated heterocycles. The van der Waals surface area contributed by atoms with Crippen molar-refractivity contribution in [2.24, 2.45) is 5.73 Å². The van der Waals surface area contributed by atoms with Crippen molar-refractivity contribution in [2.45, 2.75) is 25.3 Å². The van der Waals surface area contributed by atoms with Crippen LogP contribution in [0.4, 0.5) is 0 Å². The summed E-state index contributed by atoms with van der Waals surface area (Å²) in [5.41, 5.74) is 8.16. The third-order valence-corrected chi connectivity index (χ3v) is 3.19. The molecule has 13 heavy (non-hydrogen) atoms. The van der Waals surface area contributed by atoms with Gasteiger partial charge in [0.25, 0.3) is 0 Å². The summed E-state index contributed by atoms with van der Waals surface area (Å²) in [6.45, 7) is 0. The van der Waals surface area contributed by atoms with Crippen LogP contribution in [-0.2, 0) is 6.42 Å². The van der Waals surface area contributed by atoms with Crippen molar-refractivity contribution >= 4 is 22.6 Å². The lowest BCUT2D eigenvalue weighted by atomic mass is 9.88. The van der Waals surface area contributed by atoms with Crippen LogP contribution >= 0.6 is 22.6 Å². The predicted molar refractivity (Wildman–Crippen MR) is 60.7 cm³/mol. The second-order valence-corrected chi connectivity index (χ2v) is 4.74. The van der Waals surface area contributed by atoms with Crippen LogP contribution in [0.3, 0.4) is 0 Å². The molecule has 1 aromatic rings. The first-order chi connectivity index (χ1) is 6.18. The highest BCUT2D eigenvalue weighted by atomic mass is 127. The Morgan fingerprint density at radius 1 is 1.46 bits per heavy atom. The zero-order valence-electron chi connectivity index (χ0n) is 7.26.